The average molecular weight is 516 g/mol. The molecule has 0 atom stereocenters. The summed E-state index contributed by atoms with van der Waals surface area (Å²) in [5.74, 6) is -2.51. The van der Waals surface area contributed by atoms with Crippen LogP contribution in [0.4, 0.5) is 13.2 Å². The standard InChI is InChI=1S/C24H24F3NO.C4H4O4/c25-24(26,27)22-14-8-7-9-19(22)15-16-28-17-18-29-23(20-10-3-1-4-11-20)21-12-5-2-6-13-21;5-3(6)1-2-4(7)8/h1-14,23,28H,15-18H2;1-2H,(H,5,6)(H,7,8)/b;2-1-. The van der Waals surface area contributed by atoms with Gasteiger partial charge < -0.3 is 20.3 Å². The van der Waals surface area contributed by atoms with E-state index in [2.05, 4.69) is 5.32 Å². The predicted molar refractivity (Wildman–Crippen MR) is 133 cm³/mol. The summed E-state index contributed by atoms with van der Waals surface area (Å²) in [6.45, 7) is 1.47. The lowest BCUT2D eigenvalue weighted by atomic mass is 10.0. The fraction of sp³-hybridized carbons (Fsp3) is 0.214. The molecule has 0 aliphatic carbocycles. The third kappa shape index (κ3) is 11.1. The van der Waals surface area contributed by atoms with Gasteiger partial charge in [0.1, 0.15) is 6.10 Å². The number of hydrogen-bond acceptors (Lipinski definition) is 4. The van der Waals surface area contributed by atoms with Crippen LogP contribution in [-0.2, 0) is 26.9 Å². The van der Waals surface area contributed by atoms with E-state index in [4.69, 9.17) is 14.9 Å². The maximum absolute atomic E-state index is 13.0. The number of hydrogen-bond donors (Lipinski definition) is 3. The molecule has 0 radical (unpaired) electrons. The van der Waals surface area contributed by atoms with E-state index in [0.717, 1.165) is 17.2 Å². The van der Waals surface area contributed by atoms with E-state index in [1.807, 2.05) is 60.7 Å². The lowest BCUT2D eigenvalue weighted by Gasteiger charge is -2.19. The number of rotatable bonds is 11. The molecule has 0 saturated carbocycles. The van der Waals surface area contributed by atoms with Crippen molar-refractivity contribution in [2.45, 2.75) is 18.7 Å². The van der Waals surface area contributed by atoms with Crippen molar-refractivity contribution >= 4 is 11.9 Å². The molecule has 0 fully saturated rings. The zero-order valence-corrected chi connectivity index (χ0v) is 19.9. The highest BCUT2D eigenvalue weighted by Gasteiger charge is 2.32. The first kappa shape index (κ1) is 29.3. The second kappa shape index (κ2) is 15.2. The summed E-state index contributed by atoms with van der Waals surface area (Å²) in [5.41, 5.74) is 1.88. The van der Waals surface area contributed by atoms with Crippen LogP contribution in [0.1, 0.15) is 28.4 Å². The fourth-order valence-electron chi connectivity index (χ4n) is 3.39. The van der Waals surface area contributed by atoms with Crippen LogP contribution in [0.15, 0.2) is 97.1 Å². The monoisotopic (exact) mass is 515 g/mol. The van der Waals surface area contributed by atoms with Gasteiger partial charge in [-0.15, -0.1) is 0 Å². The van der Waals surface area contributed by atoms with Crippen LogP contribution in [0.25, 0.3) is 0 Å². The van der Waals surface area contributed by atoms with Gasteiger partial charge in [-0.3, -0.25) is 0 Å². The highest BCUT2D eigenvalue weighted by Crippen LogP contribution is 2.32. The molecule has 0 bridgehead atoms. The topological polar surface area (TPSA) is 95.9 Å². The Balaban J connectivity index is 0.000000521. The van der Waals surface area contributed by atoms with Crippen LogP contribution >= 0.6 is 0 Å². The van der Waals surface area contributed by atoms with Gasteiger partial charge in [0.2, 0.25) is 0 Å². The number of alkyl halides is 3. The Bertz CT molecular complexity index is 1080. The third-order valence-corrected chi connectivity index (χ3v) is 5.03. The van der Waals surface area contributed by atoms with Gasteiger partial charge in [0.05, 0.1) is 12.2 Å². The van der Waals surface area contributed by atoms with Crippen molar-refractivity contribution in [1.82, 2.24) is 5.32 Å². The van der Waals surface area contributed by atoms with Crippen LogP contribution in [0.3, 0.4) is 0 Å². The van der Waals surface area contributed by atoms with E-state index in [1.54, 1.807) is 6.07 Å². The number of carboxylic acid groups (broad SMARTS) is 2. The van der Waals surface area contributed by atoms with Gasteiger partial charge >= 0.3 is 18.1 Å². The van der Waals surface area contributed by atoms with Crippen LogP contribution in [-0.4, -0.2) is 41.8 Å². The van der Waals surface area contributed by atoms with Crippen LogP contribution in [0, 0.1) is 0 Å². The first-order valence-electron chi connectivity index (χ1n) is 11.4. The molecule has 0 spiro atoms. The smallest absolute Gasteiger partial charge is 0.416 e. The normalized spacial score (nSPS) is 11.2. The molecule has 3 N–H and O–H groups in total. The van der Waals surface area contributed by atoms with Crippen molar-refractivity contribution in [2.24, 2.45) is 0 Å². The SMILES string of the molecule is FC(F)(F)c1ccccc1CCNCCOC(c1ccccc1)c1ccccc1.O=C(O)/C=C\C(=O)O. The molecule has 3 aromatic carbocycles. The van der Waals surface area contributed by atoms with Crippen LogP contribution in [0.2, 0.25) is 0 Å². The summed E-state index contributed by atoms with van der Waals surface area (Å²) in [7, 11) is 0. The van der Waals surface area contributed by atoms with E-state index in [9.17, 15) is 22.8 Å². The second-order valence-electron chi connectivity index (χ2n) is 7.74. The van der Waals surface area contributed by atoms with Gasteiger partial charge in [0, 0.05) is 18.7 Å². The van der Waals surface area contributed by atoms with Crippen molar-refractivity contribution in [3.8, 4) is 0 Å². The number of benzene rings is 3. The Morgan fingerprint density at radius 2 is 1.27 bits per heavy atom. The largest absolute Gasteiger partial charge is 0.478 e. The summed E-state index contributed by atoms with van der Waals surface area (Å²) < 4.78 is 45.2. The molecule has 0 aliphatic heterocycles. The van der Waals surface area contributed by atoms with Gasteiger partial charge in [0.15, 0.2) is 0 Å². The van der Waals surface area contributed by atoms with Crippen molar-refractivity contribution < 1.29 is 37.7 Å². The summed E-state index contributed by atoms with van der Waals surface area (Å²) in [4.78, 5) is 19.1. The zero-order valence-electron chi connectivity index (χ0n) is 19.9. The average Bonchev–Trinajstić information content (AvgIpc) is 2.88. The molecule has 0 aromatic heterocycles. The third-order valence-electron chi connectivity index (χ3n) is 5.03. The molecular weight excluding hydrogens is 487 g/mol. The minimum atomic E-state index is -4.32. The maximum atomic E-state index is 13.0. The minimum absolute atomic E-state index is 0.176. The van der Waals surface area contributed by atoms with Gasteiger partial charge in [-0.25, -0.2) is 9.59 Å². The van der Waals surface area contributed by atoms with E-state index in [-0.39, 0.29) is 6.10 Å². The number of halogens is 3. The number of nitrogens with one attached hydrogen (secondary N) is 1. The van der Waals surface area contributed by atoms with Crippen LogP contribution in [0.5, 0.6) is 0 Å². The lowest BCUT2D eigenvalue weighted by Crippen LogP contribution is -2.24. The Labute approximate surface area is 213 Å². The first-order chi connectivity index (χ1) is 17.7. The van der Waals surface area contributed by atoms with Crippen molar-refractivity contribution in [3.63, 3.8) is 0 Å². The zero-order chi connectivity index (χ0) is 27.1. The highest BCUT2D eigenvalue weighted by molar-refractivity contribution is 5.89. The number of carbonyl (C=O) groups is 2. The van der Waals surface area contributed by atoms with E-state index >= 15 is 0 Å². The molecule has 196 valence electrons. The highest BCUT2D eigenvalue weighted by atomic mass is 19.4. The number of ether oxygens (including phenoxy) is 1. The molecule has 3 aromatic rings. The van der Waals surface area contributed by atoms with Gasteiger partial charge in [-0.05, 0) is 35.7 Å². The molecule has 9 heteroatoms. The minimum Gasteiger partial charge on any atom is -0.478 e. The number of carboxylic acids is 2. The molecule has 0 saturated heterocycles. The van der Waals surface area contributed by atoms with Gasteiger partial charge in [-0.2, -0.15) is 13.2 Å². The molecule has 0 unspecified atom stereocenters. The maximum Gasteiger partial charge on any atom is 0.416 e. The van der Waals surface area contributed by atoms with E-state index in [0.29, 0.717) is 43.8 Å². The summed E-state index contributed by atoms with van der Waals surface area (Å²) in [5, 5.41) is 18.8. The summed E-state index contributed by atoms with van der Waals surface area (Å²) in [6, 6.07) is 25.7. The quantitative estimate of drug-likeness (QED) is 0.235. The molecular formula is C28H28F3NO5. The molecule has 37 heavy (non-hydrogen) atoms. The van der Waals surface area contributed by atoms with Crippen molar-refractivity contribution in [2.75, 3.05) is 19.7 Å². The Kier molecular flexibility index (Phi) is 12.0. The number of aliphatic carboxylic acids is 2. The predicted octanol–water partition coefficient (Wildman–Crippen LogP) is 5.36. The van der Waals surface area contributed by atoms with Crippen LogP contribution < -0.4 is 5.32 Å². The fourth-order valence-corrected chi connectivity index (χ4v) is 3.39. The molecule has 0 heterocycles. The Morgan fingerprint density at radius 3 is 1.76 bits per heavy atom. The van der Waals surface area contributed by atoms with Gasteiger partial charge in [0.25, 0.3) is 0 Å². The van der Waals surface area contributed by atoms with E-state index in [1.165, 1.54) is 12.1 Å². The molecule has 3 rings (SSSR count). The lowest BCUT2D eigenvalue weighted by molar-refractivity contribution is -0.138. The summed E-state index contributed by atoms with van der Waals surface area (Å²) >= 11 is 0. The first-order valence-corrected chi connectivity index (χ1v) is 11.4. The molecule has 6 nitrogen and oxygen atoms in total. The summed E-state index contributed by atoms with van der Waals surface area (Å²) in [6.07, 6.45) is -3.07. The molecule has 0 aliphatic rings. The second-order valence-corrected chi connectivity index (χ2v) is 7.74. The molecule has 0 amide bonds. The van der Waals surface area contributed by atoms with Crippen molar-refractivity contribution in [1.29, 1.82) is 0 Å². The van der Waals surface area contributed by atoms with Gasteiger partial charge in [-0.1, -0.05) is 78.9 Å². The van der Waals surface area contributed by atoms with Crippen molar-refractivity contribution in [3.05, 3.63) is 119 Å². The van der Waals surface area contributed by atoms with E-state index < -0.39 is 23.7 Å². The Hall–Kier alpha value is -3.95. The Morgan fingerprint density at radius 1 is 0.784 bits per heavy atom.